The highest BCUT2D eigenvalue weighted by Gasteiger charge is 2.19. The second-order valence-electron chi connectivity index (χ2n) is 5.69. The predicted molar refractivity (Wildman–Crippen MR) is 94.9 cm³/mol. The summed E-state index contributed by atoms with van der Waals surface area (Å²) >= 11 is 1.22. The molecule has 0 atom stereocenters. The standard InChI is InChI=1S/C18H9F2N5OS/c19-11-6-7-13(20)12(8-11)16-21-22-18-25(16)23-17(27-18)14-9-15(26-24-14)10-4-2-1-3-5-10/h1-9H. The SMILES string of the molecule is Fc1ccc(F)c(-c2nnc3sc(-c4cc(-c5ccccc5)on4)nn23)c1. The summed E-state index contributed by atoms with van der Waals surface area (Å²) in [5, 5.41) is 16.9. The van der Waals surface area contributed by atoms with E-state index >= 15 is 0 Å². The molecule has 0 aliphatic heterocycles. The van der Waals surface area contributed by atoms with Gasteiger partial charge in [0.15, 0.2) is 16.6 Å². The van der Waals surface area contributed by atoms with Crippen LogP contribution in [0.1, 0.15) is 0 Å². The predicted octanol–water partition coefficient (Wildman–Crippen LogP) is 4.45. The minimum absolute atomic E-state index is 0.00974. The van der Waals surface area contributed by atoms with Gasteiger partial charge in [-0.3, -0.25) is 0 Å². The van der Waals surface area contributed by atoms with Crippen molar-refractivity contribution in [2.45, 2.75) is 0 Å². The number of fused-ring (bicyclic) bond motifs is 1. The molecule has 3 aromatic heterocycles. The summed E-state index contributed by atoms with van der Waals surface area (Å²) in [6, 6.07) is 14.5. The van der Waals surface area contributed by atoms with Crippen LogP contribution in [0.2, 0.25) is 0 Å². The van der Waals surface area contributed by atoms with E-state index in [0.29, 0.717) is 21.4 Å². The lowest BCUT2D eigenvalue weighted by Crippen LogP contribution is -1.94. The van der Waals surface area contributed by atoms with Crippen molar-refractivity contribution in [3.63, 3.8) is 0 Å². The molecule has 2 aromatic carbocycles. The molecule has 0 unspecified atom stereocenters. The maximum absolute atomic E-state index is 14.1. The first-order valence-electron chi connectivity index (χ1n) is 7.89. The van der Waals surface area contributed by atoms with Crippen LogP contribution in [0.5, 0.6) is 0 Å². The lowest BCUT2D eigenvalue weighted by molar-refractivity contribution is 0.435. The Hall–Kier alpha value is -3.46. The third kappa shape index (κ3) is 2.68. The molecule has 0 bridgehead atoms. The van der Waals surface area contributed by atoms with Crippen LogP contribution in [0.15, 0.2) is 59.1 Å². The largest absolute Gasteiger partial charge is 0.356 e. The van der Waals surface area contributed by atoms with Gasteiger partial charge in [-0.15, -0.1) is 10.2 Å². The molecule has 27 heavy (non-hydrogen) atoms. The second-order valence-corrected chi connectivity index (χ2v) is 6.65. The summed E-state index contributed by atoms with van der Waals surface area (Å²) in [5.41, 5.74) is 1.40. The first-order chi connectivity index (χ1) is 13.2. The monoisotopic (exact) mass is 381 g/mol. The first-order valence-corrected chi connectivity index (χ1v) is 8.71. The number of halogens is 2. The van der Waals surface area contributed by atoms with Crippen LogP contribution in [0, 0.1) is 11.6 Å². The molecule has 9 heteroatoms. The highest BCUT2D eigenvalue weighted by Crippen LogP contribution is 2.31. The zero-order valence-corrected chi connectivity index (χ0v) is 14.3. The van der Waals surface area contributed by atoms with Gasteiger partial charge in [0.05, 0.1) is 5.56 Å². The highest BCUT2D eigenvalue weighted by molar-refractivity contribution is 7.19. The third-order valence-corrected chi connectivity index (χ3v) is 4.87. The highest BCUT2D eigenvalue weighted by atomic mass is 32.1. The summed E-state index contributed by atoms with van der Waals surface area (Å²) in [7, 11) is 0. The van der Waals surface area contributed by atoms with Crippen LogP contribution in [0.4, 0.5) is 8.78 Å². The molecule has 5 rings (SSSR count). The minimum atomic E-state index is -0.604. The molecule has 3 heterocycles. The van der Waals surface area contributed by atoms with Gasteiger partial charge in [0, 0.05) is 11.6 Å². The third-order valence-electron chi connectivity index (χ3n) is 3.95. The van der Waals surface area contributed by atoms with Gasteiger partial charge in [-0.1, -0.05) is 46.8 Å². The lowest BCUT2D eigenvalue weighted by Gasteiger charge is -1.99. The van der Waals surface area contributed by atoms with Crippen LogP contribution in [-0.2, 0) is 0 Å². The molecule has 0 saturated carbocycles. The van der Waals surface area contributed by atoms with Crippen LogP contribution < -0.4 is 0 Å². The van der Waals surface area contributed by atoms with E-state index in [0.717, 1.165) is 23.8 Å². The van der Waals surface area contributed by atoms with Gasteiger partial charge in [0.2, 0.25) is 4.96 Å². The molecule has 0 amide bonds. The Bertz CT molecular complexity index is 1260. The number of hydrogen-bond donors (Lipinski definition) is 0. The van der Waals surface area contributed by atoms with Crippen molar-refractivity contribution in [2.24, 2.45) is 0 Å². The van der Waals surface area contributed by atoms with Gasteiger partial charge in [0.1, 0.15) is 17.3 Å². The molecular weight excluding hydrogens is 372 g/mol. The van der Waals surface area contributed by atoms with Crippen molar-refractivity contribution in [1.82, 2.24) is 25.0 Å². The van der Waals surface area contributed by atoms with Gasteiger partial charge in [-0.2, -0.15) is 9.61 Å². The van der Waals surface area contributed by atoms with Gasteiger partial charge >= 0.3 is 0 Å². The number of benzene rings is 2. The van der Waals surface area contributed by atoms with Crippen LogP contribution >= 0.6 is 11.3 Å². The molecular formula is C18H9F2N5OS. The number of hydrogen-bond acceptors (Lipinski definition) is 6. The Morgan fingerprint density at radius 3 is 2.67 bits per heavy atom. The average molecular weight is 381 g/mol. The van der Waals surface area contributed by atoms with Crippen molar-refractivity contribution in [1.29, 1.82) is 0 Å². The van der Waals surface area contributed by atoms with Gasteiger partial charge in [0.25, 0.3) is 0 Å². The van der Waals surface area contributed by atoms with E-state index in [-0.39, 0.29) is 11.4 Å². The van der Waals surface area contributed by atoms with Crippen LogP contribution in [0.3, 0.4) is 0 Å². The lowest BCUT2D eigenvalue weighted by atomic mass is 10.2. The zero-order chi connectivity index (χ0) is 18.4. The fourth-order valence-electron chi connectivity index (χ4n) is 2.67. The van der Waals surface area contributed by atoms with Crippen molar-refractivity contribution < 1.29 is 13.3 Å². The summed E-state index contributed by atoms with van der Waals surface area (Å²) in [6.45, 7) is 0. The van der Waals surface area contributed by atoms with E-state index in [4.69, 9.17) is 4.52 Å². The molecule has 0 aliphatic carbocycles. The molecule has 6 nitrogen and oxygen atoms in total. The Kier molecular flexibility index (Phi) is 3.54. The van der Waals surface area contributed by atoms with E-state index in [9.17, 15) is 8.78 Å². The van der Waals surface area contributed by atoms with E-state index < -0.39 is 11.6 Å². The van der Waals surface area contributed by atoms with E-state index in [1.807, 2.05) is 30.3 Å². The molecule has 132 valence electrons. The molecule has 0 fully saturated rings. The fourth-order valence-corrected chi connectivity index (χ4v) is 3.46. The average Bonchev–Trinajstić information content (AvgIpc) is 3.39. The first kappa shape index (κ1) is 15.8. The summed E-state index contributed by atoms with van der Waals surface area (Å²) in [4.78, 5) is 0.438. The topological polar surface area (TPSA) is 69.1 Å². The van der Waals surface area contributed by atoms with E-state index in [1.165, 1.54) is 15.9 Å². The Labute approximate surface area is 154 Å². The molecule has 0 saturated heterocycles. The van der Waals surface area contributed by atoms with Gasteiger partial charge in [-0.05, 0) is 18.2 Å². The van der Waals surface area contributed by atoms with Gasteiger partial charge in [-0.25, -0.2) is 8.78 Å². The minimum Gasteiger partial charge on any atom is -0.356 e. The molecule has 0 N–H and O–H groups in total. The fraction of sp³-hybridized carbons (Fsp3) is 0. The molecule has 0 radical (unpaired) electrons. The quantitative estimate of drug-likeness (QED) is 0.462. The van der Waals surface area contributed by atoms with E-state index in [1.54, 1.807) is 6.07 Å². The van der Waals surface area contributed by atoms with Crippen LogP contribution in [0.25, 0.3) is 38.4 Å². The number of rotatable bonds is 3. The maximum atomic E-state index is 14.1. The van der Waals surface area contributed by atoms with Crippen molar-refractivity contribution in [3.8, 4) is 33.4 Å². The maximum Gasteiger partial charge on any atom is 0.235 e. The normalized spacial score (nSPS) is 11.3. The Morgan fingerprint density at radius 1 is 0.963 bits per heavy atom. The van der Waals surface area contributed by atoms with Crippen molar-refractivity contribution in [3.05, 3.63) is 66.2 Å². The number of nitrogens with zero attached hydrogens (tertiary/aromatic N) is 5. The second kappa shape index (κ2) is 6.06. The van der Waals surface area contributed by atoms with Crippen molar-refractivity contribution in [2.75, 3.05) is 0 Å². The zero-order valence-electron chi connectivity index (χ0n) is 13.5. The summed E-state index contributed by atoms with van der Waals surface area (Å²) in [6.07, 6.45) is 0. The smallest absolute Gasteiger partial charge is 0.235 e. The Morgan fingerprint density at radius 2 is 1.81 bits per heavy atom. The van der Waals surface area contributed by atoms with Gasteiger partial charge < -0.3 is 4.52 Å². The summed E-state index contributed by atoms with van der Waals surface area (Å²) < 4.78 is 34.3. The molecule has 0 spiro atoms. The number of aromatic nitrogens is 5. The van der Waals surface area contributed by atoms with Crippen molar-refractivity contribution >= 4 is 16.3 Å². The van der Waals surface area contributed by atoms with Crippen LogP contribution in [-0.4, -0.2) is 25.0 Å². The Balaban J connectivity index is 1.58. The molecule has 0 aliphatic rings. The van der Waals surface area contributed by atoms with E-state index in [2.05, 4.69) is 20.5 Å². The molecule has 5 aromatic rings. The summed E-state index contributed by atoms with van der Waals surface area (Å²) in [5.74, 6) is -0.445.